The average molecular weight is 410 g/mol. The molecule has 0 spiro atoms. The Kier molecular flexibility index (Phi) is 4.75. The number of benzene rings is 1. The van der Waals surface area contributed by atoms with Crippen molar-refractivity contribution in [2.45, 2.75) is 23.3 Å². The van der Waals surface area contributed by atoms with Gasteiger partial charge >= 0.3 is 12.4 Å². The quantitative estimate of drug-likeness (QED) is 0.400. The van der Waals surface area contributed by atoms with Crippen LogP contribution in [0.2, 0.25) is 0 Å². The number of hydrogen-bond acceptors (Lipinski definition) is 7. The highest BCUT2D eigenvalue weighted by Gasteiger charge is 2.38. The zero-order chi connectivity index (χ0) is 19.8. The second-order valence-corrected chi connectivity index (χ2v) is 6.00. The summed E-state index contributed by atoms with van der Waals surface area (Å²) in [6, 6.07) is 4.31. The number of nitrogens with zero attached hydrogens (tertiary/aromatic N) is 5. The second-order valence-electron chi connectivity index (χ2n) is 5.05. The third-order valence-electron chi connectivity index (χ3n) is 3.16. The van der Waals surface area contributed by atoms with Crippen molar-refractivity contribution in [1.29, 1.82) is 0 Å². The molecule has 27 heavy (non-hydrogen) atoms. The van der Waals surface area contributed by atoms with E-state index < -0.39 is 23.7 Å². The number of nitrogens with two attached hydrogens (primary N) is 1. The molecule has 0 unspecified atom stereocenters. The SMILES string of the molecule is Nn1c(SCc2nc(-c3cccc(C(F)(F)F)c3)no2)nnc1C(F)(F)F. The maximum Gasteiger partial charge on any atom is 0.453 e. The van der Waals surface area contributed by atoms with E-state index in [1.807, 2.05) is 0 Å². The van der Waals surface area contributed by atoms with Crippen LogP contribution in [0.3, 0.4) is 0 Å². The first kappa shape index (κ1) is 19.0. The number of halogens is 6. The third kappa shape index (κ3) is 4.15. The zero-order valence-electron chi connectivity index (χ0n) is 12.9. The van der Waals surface area contributed by atoms with E-state index in [-0.39, 0.29) is 32.9 Å². The Bertz CT molecular complexity index is 949. The Hall–Kier alpha value is -2.77. The summed E-state index contributed by atoms with van der Waals surface area (Å²) in [5.74, 6) is 3.66. The van der Waals surface area contributed by atoms with Crippen LogP contribution in [0.25, 0.3) is 11.4 Å². The minimum atomic E-state index is -4.76. The molecule has 3 aromatic rings. The van der Waals surface area contributed by atoms with Crippen molar-refractivity contribution < 1.29 is 30.9 Å². The van der Waals surface area contributed by atoms with E-state index in [1.165, 1.54) is 12.1 Å². The van der Waals surface area contributed by atoms with Gasteiger partial charge in [0, 0.05) is 5.56 Å². The molecule has 0 atom stereocenters. The molecular formula is C13H8F6N6OS. The number of thioether (sulfide) groups is 1. The number of nitrogen functional groups attached to an aromatic ring is 1. The molecule has 0 radical (unpaired) electrons. The van der Waals surface area contributed by atoms with Gasteiger partial charge in [0.1, 0.15) is 0 Å². The monoisotopic (exact) mass is 410 g/mol. The first-order valence-electron chi connectivity index (χ1n) is 6.96. The molecule has 0 saturated heterocycles. The molecular weight excluding hydrogens is 402 g/mol. The zero-order valence-corrected chi connectivity index (χ0v) is 13.7. The van der Waals surface area contributed by atoms with Crippen LogP contribution in [0.15, 0.2) is 33.9 Å². The molecule has 144 valence electrons. The molecule has 1 aromatic carbocycles. The van der Waals surface area contributed by atoms with Crippen LogP contribution in [-0.2, 0) is 18.1 Å². The van der Waals surface area contributed by atoms with Crippen molar-refractivity contribution in [1.82, 2.24) is 25.0 Å². The van der Waals surface area contributed by atoms with Crippen LogP contribution >= 0.6 is 11.8 Å². The number of aromatic nitrogens is 5. The molecule has 7 nitrogen and oxygen atoms in total. The average Bonchev–Trinajstić information content (AvgIpc) is 3.18. The molecule has 0 aliphatic rings. The highest BCUT2D eigenvalue weighted by molar-refractivity contribution is 7.98. The Morgan fingerprint density at radius 1 is 1.07 bits per heavy atom. The number of hydrogen-bond donors (Lipinski definition) is 1. The van der Waals surface area contributed by atoms with Crippen LogP contribution in [0.4, 0.5) is 26.3 Å². The van der Waals surface area contributed by atoms with E-state index in [2.05, 4.69) is 20.3 Å². The number of rotatable bonds is 4. The smallest absolute Gasteiger partial charge is 0.338 e. The fourth-order valence-electron chi connectivity index (χ4n) is 1.96. The standard InChI is InChI=1S/C13H8F6N6OS/c14-12(15,16)7-3-1-2-6(4-7)9-21-8(26-24-9)5-27-11-23-22-10(25(11)20)13(17,18)19/h1-4H,5,20H2. The fraction of sp³-hybridized carbons (Fsp3) is 0.231. The minimum Gasteiger partial charge on any atom is -0.338 e. The van der Waals surface area contributed by atoms with Gasteiger partial charge in [-0.15, -0.1) is 10.2 Å². The lowest BCUT2D eigenvalue weighted by Gasteiger charge is -2.06. The first-order chi connectivity index (χ1) is 12.6. The van der Waals surface area contributed by atoms with E-state index >= 15 is 0 Å². The second kappa shape index (κ2) is 6.75. The highest BCUT2D eigenvalue weighted by Crippen LogP contribution is 2.32. The van der Waals surface area contributed by atoms with E-state index in [1.54, 1.807) is 0 Å². The van der Waals surface area contributed by atoms with E-state index in [0.717, 1.165) is 23.9 Å². The molecule has 14 heteroatoms. The van der Waals surface area contributed by atoms with E-state index in [9.17, 15) is 26.3 Å². The normalized spacial score (nSPS) is 12.5. The van der Waals surface area contributed by atoms with Gasteiger partial charge in [0.2, 0.25) is 16.9 Å². The largest absolute Gasteiger partial charge is 0.453 e. The van der Waals surface area contributed by atoms with Gasteiger partial charge in [-0.1, -0.05) is 29.1 Å². The Morgan fingerprint density at radius 2 is 1.81 bits per heavy atom. The summed E-state index contributed by atoms with van der Waals surface area (Å²) in [5.41, 5.74) is -0.803. The van der Waals surface area contributed by atoms with Gasteiger partial charge in [-0.3, -0.25) is 0 Å². The van der Waals surface area contributed by atoms with Gasteiger partial charge in [-0.05, 0) is 12.1 Å². The van der Waals surface area contributed by atoms with Gasteiger partial charge < -0.3 is 10.4 Å². The molecule has 2 aromatic heterocycles. The number of alkyl halides is 6. The van der Waals surface area contributed by atoms with Gasteiger partial charge in [0.15, 0.2) is 0 Å². The Morgan fingerprint density at radius 3 is 2.44 bits per heavy atom. The van der Waals surface area contributed by atoms with Crippen LogP contribution < -0.4 is 5.84 Å². The lowest BCUT2D eigenvalue weighted by molar-refractivity contribution is -0.146. The summed E-state index contributed by atoms with van der Waals surface area (Å²) in [6.45, 7) is 0. The van der Waals surface area contributed by atoms with Crippen molar-refractivity contribution >= 4 is 11.8 Å². The van der Waals surface area contributed by atoms with Crippen LogP contribution in [0.5, 0.6) is 0 Å². The predicted molar refractivity (Wildman–Crippen MR) is 79.5 cm³/mol. The molecule has 0 fully saturated rings. The predicted octanol–water partition coefficient (Wildman–Crippen LogP) is 3.37. The highest BCUT2D eigenvalue weighted by atomic mass is 32.2. The molecule has 0 saturated carbocycles. The minimum absolute atomic E-state index is 0.0380. The van der Waals surface area contributed by atoms with Crippen LogP contribution in [-0.4, -0.2) is 25.0 Å². The van der Waals surface area contributed by atoms with Crippen LogP contribution in [0.1, 0.15) is 17.3 Å². The lowest BCUT2D eigenvalue weighted by atomic mass is 10.1. The third-order valence-corrected chi connectivity index (χ3v) is 4.09. The van der Waals surface area contributed by atoms with Crippen molar-refractivity contribution in [3.05, 3.63) is 41.5 Å². The maximum atomic E-state index is 12.7. The van der Waals surface area contributed by atoms with Gasteiger partial charge in [0.25, 0.3) is 5.82 Å². The van der Waals surface area contributed by atoms with E-state index in [4.69, 9.17) is 10.4 Å². The van der Waals surface area contributed by atoms with Crippen LogP contribution in [0, 0.1) is 0 Å². The molecule has 3 rings (SSSR count). The lowest BCUT2D eigenvalue weighted by Crippen LogP contribution is -2.21. The van der Waals surface area contributed by atoms with Crippen molar-refractivity contribution in [3.63, 3.8) is 0 Å². The molecule has 0 bridgehead atoms. The summed E-state index contributed by atoms with van der Waals surface area (Å²) >= 11 is 0.741. The summed E-state index contributed by atoms with van der Waals surface area (Å²) < 4.78 is 81.2. The van der Waals surface area contributed by atoms with Gasteiger partial charge in [0.05, 0.1) is 11.3 Å². The van der Waals surface area contributed by atoms with Gasteiger partial charge in [-0.25, -0.2) is 4.68 Å². The van der Waals surface area contributed by atoms with Crippen molar-refractivity contribution in [2.75, 3.05) is 5.84 Å². The van der Waals surface area contributed by atoms with Gasteiger partial charge in [-0.2, -0.15) is 31.3 Å². The topological polar surface area (TPSA) is 95.7 Å². The molecule has 0 aliphatic carbocycles. The van der Waals surface area contributed by atoms with Crippen molar-refractivity contribution in [3.8, 4) is 11.4 Å². The van der Waals surface area contributed by atoms with E-state index in [0.29, 0.717) is 0 Å². The summed E-state index contributed by atoms with van der Waals surface area (Å²) in [4.78, 5) is 3.92. The Balaban J connectivity index is 1.73. The first-order valence-corrected chi connectivity index (χ1v) is 7.95. The summed E-state index contributed by atoms with van der Waals surface area (Å²) in [5, 5.41) is 9.59. The molecule has 0 aliphatic heterocycles. The van der Waals surface area contributed by atoms with Crippen molar-refractivity contribution in [2.24, 2.45) is 0 Å². The Labute approximate surface area is 150 Å². The fourth-order valence-corrected chi connectivity index (χ4v) is 2.65. The maximum absolute atomic E-state index is 12.7. The molecule has 2 heterocycles. The summed E-state index contributed by atoms with van der Waals surface area (Å²) in [6.07, 6.45) is -9.29. The summed E-state index contributed by atoms with van der Waals surface area (Å²) in [7, 11) is 0. The molecule has 0 amide bonds. The molecule has 2 N–H and O–H groups in total.